The Labute approximate surface area is 173 Å². The Bertz CT molecular complexity index is 1040. The molecule has 2 aromatic heterocycles. The van der Waals surface area contributed by atoms with Crippen LogP contribution < -0.4 is 10.6 Å². The summed E-state index contributed by atoms with van der Waals surface area (Å²) < 4.78 is 0. The standard InChI is InChI=1S/C21H24N6OS/c1-27(10-3-2-4-11-28)19-7-5-6-18(26-19)16-13-25-17-9-8-14(12-15(16)17)20(22)29-21(23)24/h5-9,11-13,22,25H,2-4,10H2,1H3,(H3,23,24). The maximum Gasteiger partial charge on any atom is 0.157 e. The maximum atomic E-state index is 10.5. The van der Waals surface area contributed by atoms with Crippen molar-refractivity contribution < 1.29 is 4.79 Å². The van der Waals surface area contributed by atoms with Gasteiger partial charge in [-0.2, -0.15) is 0 Å². The lowest BCUT2D eigenvalue weighted by Crippen LogP contribution is -2.19. The number of benzene rings is 1. The van der Waals surface area contributed by atoms with Gasteiger partial charge in [-0.15, -0.1) is 0 Å². The third kappa shape index (κ3) is 5.03. The Kier molecular flexibility index (Phi) is 6.66. The van der Waals surface area contributed by atoms with Gasteiger partial charge in [0.05, 0.1) is 5.69 Å². The minimum atomic E-state index is -0.102. The first-order chi connectivity index (χ1) is 14.0. The number of pyridine rings is 1. The fourth-order valence-corrected chi connectivity index (χ4v) is 3.58. The number of fused-ring (bicyclic) bond motifs is 1. The van der Waals surface area contributed by atoms with Gasteiger partial charge >= 0.3 is 0 Å². The van der Waals surface area contributed by atoms with Crippen molar-refractivity contribution in [1.82, 2.24) is 9.97 Å². The van der Waals surface area contributed by atoms with Crippen LogP contribution in [0.5, 0.6) is 0 Å². The van der Waals surface area contributed by atoms with Crippen LogP contribution >= 0.6 is 11.8 Å². The van der Waals surface area contributed by atoms with Crippen molar-refractivity contribution in [2.24, 2.45) is 5.73 Å². The molecule has 0 aliphatic heterocycles. The summed E-state index contributed by atoms with van der Waals surface area (Å²) in [6.07, 6.45) is 5.29. The number of carbonyl (C=O) groups is 1. The number of aromatic amines is 1. The smallest absolute Gasteiger partial charge is 0.157 e. The fourth-order valence-electron chi connectivity index (χ4n) is 3.12. The Hall–Kier alpha value is -3.13. The second kappa shape index (κ2) is 9.38. The number of thioether (sulfide) groups is 1. The van der Waals surface area contributed by atoms with Gasteiger partial charge in [-0.25, -0.2) is 4.98 Å². The number of carbonyl (C=O) groups excluding carboxylic acids is 1. The molecule has 0 amide bonds. The third-order valence-corrected chi connectivity index (χ3v) is 5.28. The predicted octanol–water partition coefficient (Wildman–Crippen LogP) is 3.99. The quantitative estimate of drug-likeness (QED) is 0.194. The fraction of sp³-hybridized carbons (Fsp3) is 0.238. The molecular formula is C21H24N6OS. The molecule has 0 radical (unpaired) electrons. The van der Waals surface area contributed by atoms with Gasteiger partial charge in [0.2, 0.25) is 0 Å². The summed E-state index contributed by atoms with van der Waals surface area (Å²) in [6.45, 7) is 0.835. The highest BCUT2D eigenvalue weighted by Gasteiger charge is 2.12. The van der Waals surface area contributed by atoms with E-state index in [9.17, 15) is 4.79 Å². The SMILES string of the molecule is CN(CCCCC=O)c1cccc(-c2c[nH]c3ccc(C(=N)SC(=N)N)cc23)n1. The molecule has 2 heterocycles. The van der Waals surface area contributed by atoms with Crippen molar-refractivity contribution in [3.8, 4) is 11.3 Å². The topological polar surface area (TPSA) is 123 Å². The zero-order valence-corrected chi connectivity index (χ0v) is 17.1. The number of H-pyrrole nitrogens is 1. The molecule has 0 saturated heterocycles. The van der Waals surface area contributed by atoms with Crippen LogP contribution in [0.1, 0.15) is 24.8 Å². The van der Waals surface area contributed by atoms with E-state index in [0.717, 1.165) is 65.4 Å². The molecule has 0 bridgehead atoms. The van der Waals surface area contributed by atoms with Crippen LogP contribution in [0.15, 0.2) is 42.6 Å². The molecule has 0 unspecified atom stereocenters. The molecule has 5 N–H and O–H groups in total. The number of amidine groups is 1. The average molecular weight is 409 g/mol. The highest BCUT2D eigenvalue weighted by Crippen LogP contribution is 2.30. The van der Waals surface area contributed by atoms with E-state index in [1.165, 1.54) is 0 Å². The van der Waals surface area contributed by atoms with Gasteiger partial charge in [0.25, 0.3) is 0 Å². The van der Waals surface area contributed by atoms with Crippen LogP contribution in [0.3, 0.4) is 0 Å². The molecule has 0 aliphatic carbocycles. The minimum absolute atomic E-state index is 0.102. The average Bonchev–Trinajstić information content (AvgIpc) is 3.14. The number of aromatic nitrogens is 2. The van der Waals surface area contributed by atoms with Gasteiger partial charge < -0.3 is 20.4 Å². The number of nitrogens with zero attached hydrogens (tertiary/aromatic N) is 2. The van der Waals surface area contributed by atoms with Crippen LogP contribution in [0.25, 0.3) is 22.2 Å². The number of aldehydes is 1. The number of hydrogen-bond donors (Lipinski definition) is 4. The van der Waals surface area contributed by atoms with E-state index in [1.54, 1.807) is 0 Å². The Morgan fingerprint density at radius 2 is 2.10 bits per heavy atom. The van der Waals surface area contributed by atoms with Gasteiger partial charge in [0, 0.05) is 48.2 Å². The number of nitrogens with one attached hydrogen (secondary N) is 3. The van der Waals surface area contributed by atoms with E-state index in [4.69, 9.17) is 21.5 Å². The molecule has 0 atom stereocenters. The molecular weight excluding hydrogens is 384 g/mol. The van der Waals surface area contributed by atoms with E-state index < -0.39 is 0 Å². The molecule has 1 aromatic carbocycles. The first-order valence-corrected chi connectivity index (χ1v) is 10.2. The summed E-state index contributed by atoms with van der Waals surface area (Å²) in [6, 6.07) is 11.6. The highest BCUT2D eigenvalue weighted by molar-refractivity contribution is 8.26. The molecule has 3 aromatic rings. The van der Waals surface area contributed by atoms with Crippen molar-refractivity contribution in [2.75, 3.05) is 18.5 Å². The lowest BCUT2D eigenvalue weighted by molar-refractivity contribution is -0.107. The zero-order chi connectivity index (χ0) is 20.8. The largest absolute Gasteiger partial charge is 0.378 e. The second-order valence-corrected chi connectivity index (χ2v) is 7.78. The summed E-state index contributed by atoms with van der Waals surface area (Å²) >= 11 is 0.928. The molecule has 0 aliphatic rings. The van der Waals surface area contributed by atoms with Crippen LogP contribution in [0.4, 0.5) is 5.82 Å². The van der Waals surface area contributed by atoms with E-state index in [2.05, 4.69) is 9.88 Å². The van der Waals surface area contributed by atoms with Crippen LogP contribution in [-0.4, -0.2) is 40.1 Å². The molecule has 8 heteroatoms. The lowest BCUT2D eigenvalue weighted by Gasteiger charge is -2.18. The van der Waals surface area contributed by atoms with E-state index in [1.807, 2.05) is 49.6 Å². The van der Waals surface area contributed by atoms with Gasteiger partial charge in [0.1, 0.15) is 17.1 Å². The number of unbranched alkanes of at least 4 members (excludes halogenated alkanes) is 2. The predicted molar refractivity (Wildman–Crippen MR) is 121 cm³/mol. The van der Waals surface area contributed by atoms with Gasteiger partial charge in [0.15, 0.2) is 5.17 Å². The van der Waals surface area contributed by atoms with Gasteiger partial charge in [-0.1, -0.05) is 12.1 Å². The normalized spacial score (nSPS) is 10.8. The lowest BCUT2D eigenvalue weighted by atomic mass is 10.1. The van der Waals surface area contributed by atoms with Crippen LogP contribution in [0.2, 0.25) is 0 Å². The molecule has 3 rings (SSSR count). The van der Waals surface area contributed by atoms with Crippen LogP contribution in [-0.2, 0) is 4.79 Å². The van der Waals surface area contributed by atoms with Crippen molar-refractivity contribution in [3.63, 3.8) is 0 Å². The summed E-state index contributed by atoms with van der Waals surface area (Å²) in [5, 5.41) is 16.6. The van der Waals surface area contributed by atoms with Crippen molar-refractivity contribution >= 4 is 45.0 Å². The molecule has 150 valence electrons. The van der Waals surface area contributed by atoms with Gasteiger partial charge in [-0.05, 0) is 48.9 Å². The zero-order valence-electron chi connectivity index (χ0n) is 16.2. The maximum absolute atomic E-state index is 10.5. The number of anilines is 1. The Morgan fingerprint density at radius 1 is 1.28 bits per heavy atom. The monoisotopic (exact) mass is 408 g/mol. The van der Waals surface area contributed by atoms with Crippen molar-refractivity contribution in [3.05, 3.63) is 48.2 Å². The number of hydrogen-bond acceptors (Lipinski definition) is 6. The minimum Gasteiger partial charge on any atom is -0.378 e. The Morgan fingerprint density at radius 3 is 2.86 bits per heavy atom. The molecule has 7 nitrogen and oxygen atoms in total. The number of nitrogens with two attached hydrogens (primary N) is 1. The molecule has 0 saturated carbocycles. The molecule has 0 spiro atoms. The van der Waals surface area contributed by atoms with Crippen molar-refractivity contribution in [2.45, 2.75) is 19.3 Å². The first-order valence-electron chi connectivity index (χ1n) is 9.33. The summed E-state index contributed by atoms with van der Waals surface area (Å²) in [5.41, 5.74) is 8.88. The summed E-state index contributed by atoms with van der Waals surface area (Å²) in [5.74, 6) is 0.874. The third-order valence-electron chi connectivity index (χ3n) is 4.62. The van der Waals surface area contributed by atoms with Gasteiger partial charge in [-0.3, -0.25) is 10.8 Å². The summed E-state index contributed by atoms with van der Waals surface area (Å²) in [4.78, 5) is 20.6. The van der Waals surface area contributed by atoms with E-state index >= 15 is 0 Å². The molecule has 29 heavy (non-hydrogen) atoms. The van der Waals surface area contributed by atoms with Crippen molar-refractivity contribution in [1.29, 1.82) is 10.8 Å². The summed E-state index contributed by atoms with van der Waals surface area (Å²) in [7, 11) is 2.00. The first kappa shape index (κ1) is 20.6. The van der Waals surface area contributed by atoms with E-state index in [-0.39, 0.29) is 10.2 Å². The Balaban J connectivity index is 1.87. The second-order valence-electron chi connectivity index (χ2n) is 6.72. The van der Waals surface area contributed by atoms with Crippen LogP contribution in [0, 0.1) is 10.8 Å². The highest BCUT2D eigenvalue weighted by atomic mass is 32.2. The molecule has 0 fully saturated rings. The van der Waals surface area contributed by atoms with E-state index in [0.29, 0.717) is 12.0 Å². The number of rotatable bonds is 8.